The van der Waals surface area contributed by atoms with Crippen LogP contribution in [-0.2, 0) is 24.4 Å². The van der Waals surface area contributed by atoms with Crippen molar-refractivity contribution < 1.29 is 9.53 Å². The van der Waals surface area contributed by atoms with Crippen LogP contribution in [-0.4, -0.2) is 47.1 Å². The number of imidazole rings is 1. The molecule has 0 bridgehead atoms. The van der Waals surface area contributed by atoms with Crippen LogP contribution in [0.3, 0.4) is 0 Å². The lowest BCUT2D eigenvalue weighted by Gasteiger charge is -2.28. The third kappa shape index (κ3) is 5.93. The number of ether oxygens (including phenoxy) is 1. The summed E-state index contributed by atoms with van der Waals surface area (Å²) in [5.41, 5.74) is 5.84. The van der Waals surface area contributed by atoms with Crippen molar-refractivity contribution in [3.63, 3.8) is 0 Å². The number of benzene rings is 3. The van der Waals surface area contributed by atoms with Gasteiger partial charge in [-0.25, -0.2) is 4.98 Å². The van der Waals surface area contributed by atoms with Gasteiger partial charge in [0.1, 0.15) is 5.75 Å². The van der Waals surface area contributed by atoms with E-state index >= 15 is 0 Å². The van der Waals surface area contributed by atoms with Crippen LogP contribution < -0.4 is 15.0 Å². The second kappa shape index (κ2) is 11.1. The Labute approximate surface area is 211 Å². The number of nitrogens with zero attached hydrogens (tertiary/aromatic N) is 4. The van der Waals surface area contributed by atoms with Gasteiger partial charge in [-0.2, -0.15) is 0 Å². The number of amides is 1. The average Bonchev–Trinajstić information content (AvgIpc) is 3.44. The summed E-state index contributed by atoms with van der Waals surface area (Å²) in [6, 6.07) is 25.5. The normalized spacial score (nSPS) is 13.9. The summed E-state index contributed by atoms with van der Waals surface area (Å²) in [5.74, 6) is 0.949. The highest BCUT2D eigenvalue weighted by Gasteiger charge is 2.17. The third-order valence-corrected chi connectivity index (χ3v) is 6.42. The highest BCUT2D eigenvalue weighted by Crippen LogP contribution is 2.24. The number of hydrogen-bond acceptors (Lipinski definition) is 5. The van der Waals surface area contributed by atoms with Gasteiger partial charge < -0.3 is 19.5 Å². The minimum atomic E-state index is 0.0937. The third-order valence-electron chi connectivity index (χ3n) is 6.42. The molecule has 1 amide bonds. The summed E-state index contributed by atoms with van der Waals surface area (Å²) in [7, 11) is 1.70. The van der Waals surface area contributed by atoms with Crippen LogP contribution in [0.15, 0.2) is 91.5 Å². The zero-order chi connectivity index (χ0) is 24.7. The number of piperazine rings is 1. The predicted molar refractivity (Wildman–Crippen MR) is 141 cm³/mol. The van der Waals surface area contributed by atoms with Crippen LogP contribution >= 0.6 is 0 Å². The molecule has 0 aliphatic carbocycles. The molecule has 0 radical (unpaired) electrons. The molecule has 1 saturated heterocycles. The van der Waals surface area contributed by atoms with E-state index in [1.807, 2.05) is 29.2 Å². The highest BCUT2D eigenvalue weighted by atomic mass is 16.5. The van der Waals surface area contributed by atoms with Gasteiger partial charge in [-0.05, 0) is 53.1 Å². The highest BCUT2D eigenvalue weighted by molar-refractivity contribution is 5.78. The van der Waals surface area contributed by atoms with E-state index in [0.717, 1.165) is 43.3 Å². The van der Waals surface area contributed by atoms with Crippen LogP contribution in [0, 0.1) is 0 Å². The maximum Gasteiger partial charge on any atom is 0.234 e. The standard InChI is InChI=1S/C29H31N5O2/c1-36-28-7-3-5-25(17-28)20-34(19-23-8-10-26(11-9-23)33-15-12-30-22-33)27-6-2-4-24(16-27)18-32-14-13-31-29(35)21-32/h2-12,15-17,22H,13-14,18-21H2,1H3,(H,31,35). The Bertz CT molecular complexity index is 1290. The first-order valence-electron chi connectivity index (χ1n) is 12.2. The van der Waals surface area contributed by atoms with Crippen LogP contribution in [0.25, 0.3) is 5.69 Å². The zero-order valence-electron chi connectivity index (χ0n) is 20.5. The van der Waals surface area contributed by atoms with Crippen molar-refractivity contribution in [1.82, 2.24) is 19.8 Å². The van der Waals surface area contributed by atoms with Crippen LogP contribution in [0.2, 0.25) is 0 Å². The summed E-state index contributed by atoms with van der Waals surface area (Å²) < 4.78 is 7.46. The Balaban J connectivity index is 1.39. The Morgan fingerprint density at radius 1 is 0.972 bits per heavy atom. The summed E-state index contributed by atoms with van der Waals surface area (Å²) in [6.45, 7) is 4.28. The van der Waals surface area contributed by atoms with Gasteiger partial charge in [-0.3, -0.25) is 9.69 Å². The summed E-state index contributed by atoms with van der Waals surface area (Å²) in [4.78, 5) is 20.5. The fourth-order valence-corrected chi connectivity index (χ4v) is 4.57. The first-order chi connectivity index (χ1) is 17.7. The van der Waals surface area contributed by atoms with E-state index in [4.69, 9.17) is 4.74 Å². The summed E-state index contributed by atoms with van der Waals surface area (Å²) in [6.07, 6.45) is 5.54. The van der Waals surface area contributed by atoms with Gasteiger partial charge in [-0.15, -0.1) is 0 Å². The summed E-state index contributed by atoms with van der Waals surface area (Å²) in [5, 5.41) is 2.90. The largest absolute Gasteiger partial charge is 0.497 e. The average molecular weight is 482 g/mol. The Morgan fingerprint density at radius 2 is 1.78 bits per heavy atom. The first kappa shape index (κ1) is 23.6. The Hall–Kier alpha value is -4.10. The fourth-order valence-electron chi connectivity index (χ4n) is 4.57. The monoisotopic (exact) mass is 481 g/mol. The van der Waals surface area contributed by atoms with Crippen molar-refractivity contribution >= 4 is 11.6 Å². The quantitative estimate of drug-likeness (QED) is 0.391. The lowest BCUT2D eigenvalue weighted by molar-refractivity contribution is -0.124. The molecule has 0 unspecified atom stereocenters. The molecule has 36 heavy (non-hydrogen) atoms. The molecule has 3 aromatic carbocycles. The van der Waals surface area contributed by atoms with Crippen molar-refractivity contribution in [3.8, 4) is 11.4 Å². The summed E-state index contributed by atoms with van der Waals surface area (Å²) >= 11 is 0. The van der Waals surface area contributed by atoms with Crippen molar-refractivity contribution in [2.75, 3.05) is 31.6 Å². The molecule has 1 N–H and O–H groups in total. The molecule has 184 valence electrons. The maximum atomic E-state index is 11.8. The number of anilines is 1. The number of aromatic nitrogens is 2. The van der Waals surface area contributed by atoms with Gasteiger partial charge in [0.2, 0.25) is 5.91 Å². The number of carbonyl (C=O) groups excluding carboxylic acids is 1. The van der Waals surface area contributed by atoms with Crippen molar-refractivity contribution in [1.29, 1.82) is 0 Å². The lowest BCUT2D eigenvalue weighted by Crippen LogP contribution is -2.47. The van der Waals surface area contributed by atoms with Crippen molar-refractivity contribution in [3.05, 3.63) is 108 Å². The van der Waals surface area contributed by atoms with Gasteiger partial charge in [0, 0.05) is 56.5 Å². The van der Waals surface area contributed by atoms with Gasteiger partial charge >= 0.3 is 0 Å². The van der Waals surface area contributed by atoms with E-state index in [1.54, 1.807) is 13.3 Å². The van der Waals surface area contributed by atoms with Gasteiger partial charge in [0.15, 0.2) is 0 Å². The number of carbonyl (C=O) groups is 1. The van der Waals surface area contributed by atoms with E-state index < -0.39 is 0 Å². The van der Waals surface area contributed by atoms with Crippen LogP contribution in [0.1, 0.15) is 16.7 Å². The number of rotatable bonds is 9. The van der Waals surface area contributed by atoms with E-state index in [0.29, 0.717) is 13.1 Å². The van der Waals surface area contributed by atoms with E-state index in [2.05, 4.69) is 80.8 Å². The second-order valence-corrected chi connectivity index (χ2v) is 9.07. The molecule has 7 nitrogen and oxygen atoms in total. The van der Waals surface area contributed by atoms with E-state index in [1.165, 1.54) is 16.7 Å². The molecule has 5 rings (SSSR count). The van der Waals surface area contributed by atoms with Gasteiger partial charge in [-0.1, -0.05) is 36.4 Å². The predicted octanol–water partition coefficient (Wildman–Crippen LogP) is 4.02. The maximum absolute atomic E-state index is 11.8. The molecule has 4 aromatic rings. The first-order valence-corrected chi connectivity index (χ1v) is 12.2. The second-order valence-electron chi connectivity index (χ2n) is 9.07. The molecule has 1 aromatic heterocycles. The minimum absolute atomic E-state index is 0.0937. The fraction of sp³-hybridized carbons (Fsp3) is 0.241. The molecular formula is C29H31N5O2. The lowest BCUT2D eigenvalue weighted by atomic mass is 10.1. The van der Waals surface area contributed by atoms with E-state index in [-0.39, 0.29) is 5.91 Å². The molecule has 1 aliphatic rings. The molecule has 0 atom stereocenters. The molecule has 2 heterocycles. The Kier molecular flexibility index (Phi) is 7.28. The van der Waals surface area contributed by atoms with Crippen molar-refractivity contribution in [2.24, 2.45) is 0 Å². The number of nitrogens with one attached hydrogen (secondary N) is 1. The van der Waals surface area contributed by atoms with Gasteiger partial charge in [0.05, 0.1) is 20.0 Å². The SMILES string of the molecule is COc1cccc(CN(Cc2ccc(-n3ccnc3)cc2)c2cccc(CN3CCNC(=O)C3)c2)c1. The zero-order valence-corrected chi connectivity index (χ0v) is 20.5. The molecule has 1 aliphatic heterocycles. The molecule has 1 fully saturated rings. The minimum Gasteiger partial charge on any atom is -0.497 e. The Morgan fingerprint density at radius 3 is 2.56 bits per heavy atom. The number of hydrogen-bond donors (Lipinski definition) is 1. The van der Waals surface area contributed by atoms with Crippen LogP contribution in [0.4, 0.5) is 5.69 Å². The van der Waals surface area contributed by atoms with E-state index in [9.17, 15) is 4.79 Å². The molecule has 0 saturated carbocycles. The molecule has 7 heteroatoms. The van der Waals surface area contributed by atoms with Gasteiger partial charge in [0.25, 0.3) is 0 Å². The smallest absolute Gasteiger partial charge is 0.234 e. The number of methoxy groups -OCH3 is 1. The topological polar surface area (TPSA) is 62.6 Å². The molecular weight excluding hydrogens is 450 g/mol. The van der Waals surface area contributed by atoms with Crippen LogP contribution in [0.5, 0.6) is 5.75 Å². The van der Waals surface area contributed by atoms with Crippen molar-refractivity contribution in [2.45, 2.75) is 19.6 Å². The molecule has 0 spiro atoms.